The Hall–Kier alpha value is -6.84. The van der Waals surface area contributed by atoms with E-state index in [0.717, 1.165) is 9.13 Å². The van der Waals surface area contributed by atoms with E-state index in [1.807, 2.05) is 0 Å². The molecule has 0 fully saturated rings. The highest BCUT2D eigenvalue weighted by Gasteiger charge is 2.18. The molecule has 11 rings (SSSR count). The highest BCUT2D eigenvalue weighted by molar-refractivity contribution is 6.13. The molecule has 8 aromatic carbocycles. The van der Waals surface area contributed by atoms with Gasteiger partial charge in [-0.1, -0.05) is 115 Å². The predicted octanol–water partition coefficient (Wildman–Crippen LogP) is 12.6. The number of aromatic nitrogens is 3. The van der Waals surface area contributed by atoms with Crippen LogP contribution in [0.15, 0.2) is 187 Å². The zero-order valence-corrected chi connectivity index (χ0v) is 25.7. The summed E-state index contributed by atoms with van der Waals surface area (Å²) in [4.78, 5) is 0. The van der Waals surface area contributed by atoms with E-state index < -0.39 is 224 Å². The molecule has 3 heterocycles. The molecule has 0 unspecified atom stereocenters. The van der Waals surface area contributed by atoms with Crippen LogP contribution in [-0.4, -0.2) is 13.7 Å². The van der Waals surface area contributed by atoms with Crippen molar-refractivity contribution in [2.75, 3.05) is 0 Å². The van der Waals surface area contributed by atoms with Crippen LogP contribution in [0.3, 0.4) is 0 Å². The molecule has 3 nitrogen and oxygen atoms in total. The topological polar surface area (TPSA) is 14.8 Å². The van der Waals surface area contributed by atoms with Gasteiger partial charge in [-0.2, -0.15) is 0 Å². The van der Waals surface area contributed by atoms with Crippen molar-refractivity contribution in [2.24, 2.45) is 0 Å². The van der Waals surface area contributed by atoms with Crippen molar-refractivity contribution >= 4 is 65.4 Å². The largest absolute Gasteiger partial charge is 0.309 e. The summed E-state index contributed by atoms with van der Waals surface area (Å²) in [5.41, 5.74) is -4.43. The number of hydrogen-bond donors (Lipinski definition) is 0. The van der Waals surface area contributed by atoms with Crippen LogP contribution in [0.25, 0.3) is 93.6 Å². The van der Waals surface area contributed by atoms with Crippen LogP contribution in [0, 0.1) is 0 Å². The molecule has 51 heavy (non-hydrogen) atoms. The summed E-state index contributed by atoms with van der Waals surface area (Å²) < 4.78 is 245. The summed E-state index contributed by atoms with van der Waals surface area (Å²) in [6, 6.07) is -15.5. The second-order valence-corrected chi connectivity index (χ2v) is 11.3. The summed E-state index contributed by atoms with van der Waals surface area (Å²) in [6.45, 7) is 0. The molecule has 0 saturated heterocycles. The maximum atomic E-state index is 10.0. The second-order valence-electron chi connectivity index (χ2n) is 11.3. The molecule has 0 aliphatic carbocycles. The van der Waals surface area contributed by atoms with Crippen molar-refractivity contribution in [1.82, 2.24) is 13.7 Å². The minimum Gasteiger partial charge on any atom is -0.309 e. The van der Waals surface area contributed by atoms with Gasteiger partial charge >= 0.3 is 0 Å². The molecule has 0 saturated carbocycles. The van der Waals surface area contributed by atoms with Crippen molar-refractivity contribution in [3.8, 4) is 28.2 Å². The number of benzene rings is 8. The Kier molecular flexibility index (Phi) is 2.65. The fourth-order valence-electron chi connectivity index (χ4n) is 6.53. The lowest BCUT2D eigenvalue weighted by Gasteiger charge is -2.12. The average Bonchev–Trinajstić information content (AvgIpc) is 4.22. The molecule has 0 N–H and O–H groups in total. The molecule has 3 heteroatoms. The van der Waals surface area contributed by atoms with E-state index in [1.165, 1.54) is 28.8 Å². The molecule has 11 aromatic rings. The van der Waals surface area contributed by atoms with Crippen molar-refractivity contribution in [3.05, 3.63) is 187 Å². The lowest BCUT2D eigenvalue weighted by Crippen LogP contribution is -1.96. The normalized spacial score (nSPS) is 19.3. The monoisotopic (exact) mass is 676 g/mol. The van der Waals surface area contributed by atoms with Gasteiger partial charge in [0.1, 0.15) is 0 Å². The molecule has 0 aliphatic heterocycles. The SMILES string of the molecule is [2H]c1c([2H])c([2H])c(-c2ccc(-n3c4c([2H])c([2H])c([2H])c([2H])c4c4c([2H])c(-n5c6c([2H])c([2H])c([2H])c([2H])c6c6c([2H])c(-n7c8c([2H])c([2H])c([2H])c([2H])c8c8c([2H])c([2H])c([2H])c([2H])c87)c([2H])c([2H])c65)c([2H])c([2H])c43)cc2)c([2H])c1[2H]. The van der Waals surface area contributed by atoms with Crippen LogP contribution >= 0.6 is 0 Å². The maximum absolute atomic E-state index is 10.0. The molecule has 3 aromatic heterocycles. The number of para-hydroxylation sites is 4. The Morgan fingerprint density at radius 1 is 0.275 bits per heavy atom. The Morgan fingerprint density at radius 2 is 0.627 bits per heavy atom. The number of hydrogen-bond acceptors (Lipinski definition) is 0. The highest BCUT2D eigenvalue weighted by Crippen LogP contribution is 2.39. The van der Waals surface area contributed by atoms with Gasteiger partial charge in [-0.3, -0.25) is 0 Å². The standard InChI is InChI=1S/C48H31N3/c1-2-12-32(13-3-1)33-22-24-34(25-23-33)49-45-20-10-6-16-39(45)41-31-36(26-28-47(41)49)51-46-21-11-7-17-40(46)42-30-35(27-29-48(42)51)50-43-18-8-4-14-37(43)38-15-5-9-19-44(38)50/h1-31H/i1D,2D,3D,4D,5D,6D,7D,8D,9D,10D,11D,12D,13D,14D,15D,16D,17D,18D,19D,20D,21D,26D,27D,28D,29D,30D,31D. The van der Waals surface area contributed by atoms with Gasteiger partial charge in [0.2, 0.25) is 0 Å². The summed E-state index contributed by atoms with van der Waals surface area (Å²) >= 11 is 0. The quantitative estimate of drug-likeness (QED) is 0.176. The van der Waals surface area contributed by atoms with Crippen molar-refractivity contribution < 1.29 is 37.0 Å². The van der Waals surface area contributed by atoms with Crippen LogP contribution < -0.4 is 0 Å². The molecule has 0 aliphatic rings. The van der Waals surface area contributed by atoms with Crippen molar-refractivity contribution in [2.45, 2.75) is 0 Å². The molecule has 0 amide bonds. The van der Waals surface area contributed by atoms with E-state index in [1.54, 1.807) is 0 Å². The summed E-state index contributed by atoms with van der Waals surface area (Å²) in [5, 5.41) is -2.77. The predicted molar refractivity (Wildman–Crippen MR) is 215 cm³/mol. The zero-order chi connectivity index (χ0) is 57.0. The molecular formula is C48H31N3. The highest BCUT2D eigenvalue weighted by atomic mass is 15.0. The lowest BCUT2D eigenvalue weighted by atomic mass is 10.1. The third-order valence-electron chi connectivity index (χ3n) is 8.68. The van der Waals surface area contributed by atoms with Gasteiger partial charge in [-0.25, -0.2) is 0 Å². The first kappa shape index (κ1) is 12.5. The van der Waals surface area contributed by atoms with E-state index in [0.29, 0.717) is 0 Å². The van der Waals surface area contributed by atoms with E-state index in [9.17, 15) is 12.3 Å². The maximum Gasteiger partial charge on any atom is 0.0652 e. The number of rotatable bonds is 4. The van der Waals surface area contributed by atoms with Crippen LogP contribution in [0.4, 0.5) is 0 Å². The van der Waals surface area contributed by atoms with Gasteiger partial charge < -0.3 is 13.7 Å². The van der Waals surface area contributed by atoms with E-state index in [4.69, 9.17) is 24.7 Å². The van der Waals surface area contributed by atoms with Gasteiger partial charge in [0.15, 0.2) is 0 Å². The minimum absolute atomic E-state index is 0.0422. The Balaban J connectivity index is 1.31. The van der Waals surface area contributed by atoms with Crippen LogP contribution in [0.5, 0.6) is 0 Å². The summed E-state index contributed by atoms with van der Waals surface area (Å²) in [6.07, 6.45) is 0. The fraction of sp³-hybridized carbons (Fsp3) is 0. The third kappa shape index (κ3) is 4.12. The van der Waals surface area contributed by atoms with E-state index >= 15 is 0 Å². The van der Waals surface area contributed by atoms with Crippen LogP contribution in [0.2, 0.25) is 0 Å². The first-order chi connectivity index (χ1) is 36.6. The molecular weight excluding hydrogens is 619 g/mol. The molecule has 0 atom stereocenters. The minimum atomic E-state index is -0.978. The Bertz CT molecular complexity index is 4580. The third-order valence-corrected chi connectivity index (χ3v) is 8.68. The van der Waals surface area contributed by atoms with Gasteiger partial charge in [0, 0.05) is 49.4 Å². The van der Waals surface area contributed by atoms with E-state index in [2.05, 4.69) is 0 Å². The van der Waals surface area contributed by atoms with Gasteiger partial charge in [-0.05, 0) is 83.7 Å². The first-order valence-electron chi connectivity index (χ1n) is 28.8. The van der Waals surface area contributed by atoms with Gasteiger partial charge in [0.05, 0.1) is 70.1 Å². The van der Waals surface area contributed by atoms with Gasteiger partial charge in [0.25, 0.3) is 0 Å². The molecule has 0 bridgehead atoms. The zero-order valence-electron chi connectivity index (χ0n) is 52.7. The van der Waals surface area contributed by atoms with Crippen molar-refractivity contribution in [1.29, 1.82) is 0 Å². The fourth-order valence-corrected chi connectivity index (χ4v) is 6.53. The van der Waals surface area contributed by atoms with Crippen LogP contribution in [0.1, 0.15) is 37.0 Å². The molecule has 0 radical (unpaired) electrons. The second kappa shape index (κ2) is 10.8. The molecule has 238 valence electrons. The first-order valence-corrected chi connectivity index (χ1v) is 15.3. The van der Waals surface area contributed by atoms with E-state index in [-0.39, 0.29) is 33.2 Å². The Morgan fingerprint density at radius 3 is 1.08 bits per heavy atom. The lowest BCUT2D eigenvalue weighted by molar-refractivity contribution is 1.16. The number of nitrogens with zero attached hydrogens (tertiary/aromatic N) is 3. The average molecular weight is 677 g/mol. The van der Waals surface area contributed by atoms with Crippen LogP contribution in [-0.2, 0) is 0 Å². The molecule has 0 spiro atoms. The summed E-state index contributed by atoms with van der Waals surface area (Å²) in [5.74, 6) is 0. The smallest absolute Gasteiger partial charge is 0.0652 e. The van der Waals surface area contributed by atoms with Gasteiger partial charge in [-0.15, -0.1) is 0 Å². The van der Waals surface area contributed by atoms with Crippen molar-refractivity contribution in [3.63, 3.8) is 0 Å². The summed E-state index contributed by atoms with van der Waals surface area (Å²) in [7, 11) is 0. The number of fused-ring (bicyclic) bond motifs is 9. The Labute approximate surface area is 332 Å².